The van der Waals surface area contributed by atoms with E-state index in [1.165, 1.54) is 18.2 Å². The van der Waals surface area contributed by atoms with Crippen LogP contribution in [0.4, 0.5) is 13.2 Å². The fourth-order valence-electron chi connectivity index (χ4n) is 3.23. The van der Waals surface area contributed by atoms with Crippen LogP contribution in [0.15, 0.2) is 48.5 Å². The standard InChI is InChI=1S/C20H12F3N2O/c21-12-5-4-11(16(23)8-12)10-25-17-3-1-2-15(20(24)26)19(17)14-7-6-13(22)9-18(14)25/h1-6,8-9H,10H2,(H2,24,26). The number of nitrogens with zero attached hydrogens (tertiary/aromatic N) is 1. The van der Waals surface area contributed by atoms with Gasteiger partial charge in [0.2, 0.25) is 5.91 Å². The second kappa shape index (κ2) is 5.91. The van der Waals surface area contributed by atoms with Gasteiger partial charge in [-0.3, -0.25) is 4.79 Å². The number of primary amides is 1. The molecule has 26 heavy (non-hydrogen) atoms. The van der Waals surface area contributed by atoms with Gasteiger partial charge in [-0.1, -0.05) is 12.1 Å². The van der Waals surface area contributed by atoms with E-state index in [1.807, 2.05) is 0 Å². The molecule has 1 heterocycles. The Balaban J connectivity index is 2.05. The molecule has 0 unspecified atom stereocenters. The van der Waals surface area contributed by atoms with E-state index in [1.54, 1.807) is 22.8 Å². The van der Waals surface area contributed by atoms with Crippen LogP contribution in [0.1, 0.15) is 15.9 Å². The van der Waals surface area contributed by atoms with Crippen LogP contribution in [0.25, 0.3) is 21.8 Å². The van der Waals surface area contributed by atoms with Gasteiger partial charge in [-0.15, -0.1) is 0 Å². The summed E-state index contributed by atoms with van der Waals surface area (Å²) in [6.07, 6.45) is 0. The summed E-state index contributed by atoms with van der Waals surface area (Å²) in [6.45, 7) is 0.0334. The first-order valence-electron chi connectivity index (χ1n) is 7.81. The van der Waals surface area contributed by atoms with Crippen LogP contribution in [0.3, 0.4) is 0 Å². The van der Waals surface area contributed by atoms with E-state index in [0.717, 1.165) is 12.1 Å². The van der Waals surface area contributed by atoms with Crippen LogP contribution in [0.5, 0.6) is 0 Å². The minimum absolute atomic E-state index is 0.0334. The molecule has 0 aliphatic heterocycles. The first-order valence-corrected chi connectivity index (χ1v) is 7.81. The van der Waals surface area contributed by atoms with Gasteiger partial charge in [0.15, 0.2) is 0 Å². The van der Waals surface area contributed by atoms with Crippen molar-refractivity contribution in [2.45, 2.75) is 6.54 Å². The normalized spacial score (nSPS) is 11.3. The summed E-state index contributed by atoms with van der Waals surface area (Å²) >= 11 is 0. The van der Waals surface area contributed by atoms with Crippen molar-refractivity contribution < 1.29 is 18.0 Å². The lowest BCUT2D eigenvalue weighted by Crippen LogP contribution is -2.11. The summed E-state index contributed by atoms with van der Waals surface area (Å²) in [5, 5.41) is 1.04. The number of aromatic nitrogens is 1. The van der Waals surface area contributed by atoms with Gasteiger partial charge in [-0.05, 0) is 36.4 Å². The van der Waals surface area contributed by atoms with E-state index in [-0.39, 0.29) is 17.7 Å². The molecule has 2 N–H and O–H groups in total. The van der Waals surface area contributed by atoms with E-state index in [0.29, 0.717) is 21.8 Å². The highest BCUT2D eigenvalue weighted by molar-refractivity contribution is 6.17. The average Bonchev–Trinajstić information content (AvgIpc) is 2.90. The van der Waals surface area contributed by atoms with Gasteiger partial charge in [0.1, 0.15) is 17.5 Å². The van der Waals surface area contributed by atoms with Crippen molar-refractivity contribution in [2.24, 2.45) is 5.73 Å². The van der Waals surface area contributed by atoms with Crippen molar-refractivity contribution in [3.63, 3.8) is 0 Å². The van der Waals surface area contributed by atoms with Gasteiger partial charge in [-0.2, -0.15) is 0 Å². The highest BCUT2D eigenvalue weighted by Gasteiger charge is 2.18. The number of hydrogen-bond acceptors (Lipinski definition) is 1. The third-order valence-corrected chi connectivity index (χ3v) is 4.37. The molecule has 0 saturated carbocycles. The summed E-state index contributed by atoms with van der Waals surface area (Å²) in [5.41, 5.74) is 7.00. The molecule has 3 nitrogen and oxygen atoms in total. The van der Waals surface area contributed by atoms with Crippen LogP contribution in [-0.4, -0.2) is 10.5 Å². The number of halogens is 3. The molecule has 1 aromatic heterocycles. The van der Waals surface area contributed by atoms with E-state index >= 15 is 0 Å². The summed E-state index contributed by atoms with van der Waals surface area (Å²) in [7, 11) is 0. The number of carbonyl (C=O) groups excluding carboxylic acids is 1. The lowest BCUT2D eigenvalue weighted by molar-refractivity contribution is 0.100. The zero-order valence-electron chi connectivity index (χ0n) is 13.4. The summed E-state index contributed by atoms with van der Waals surface area (Å²) in [4.78, 5) is 11.8. The van der Waals surface area contributed by atoms with E-state index < -0.39 is 23.4 Å². The van der Waals surface area contributed by atoms with Crippen molar-refractivity contribution >= 4 is 27.7 Å². The molecule has 0 aliphatic rings. The van der Waals surface area contributed by atoms with Crippen molar-refractivity contribution in [3.05, 3.63) is 83.2 Å². The molecule has 0 atom stereocenters. The molecule has 3 aromatic carbocycles. The first-order chi connectivity index (χ1) is 12.5. The maximum absolute atomic E-state index is 14.1. The molecule has 4 rings (SSSR count). The van der Waals surface area contributed by atoms with Gasteiger partial charge in [0.25, 0.3) is 0 Å². The van der Waals surface area contributed by atoms with Crippen molar-refractivity contribution in [1.82, 2.24) is 4.57 Å². The monoisotopic (exact) mass is 353 g/mol. The Labute approximate surface area is 146 Å². The van der Waals surface area contributed by atoms with Gasteiger partial charge >= 0.3 is 0 Å². The molecule has 1 radical (unpaired) electrons. The highest BCUT2D eigenvalue weighted by Crippen LogP contribution is 2.32. The molecule has 1 amide bonds. The van der Waals surface area contributed by atoms with Gasteiger partial charge < -0.3 is 10.3 Å². The quantitative estimate of drug-likeness (QED) is 0.591. The third kappa shape index (κ3) is 2.50. The SMILES string of the molecule is NC(=O)c1cccc2c1c1[c]cc(F)cc1n2Cc1ccc(F)cc1F. The van der Waals surface area contributed by atoms with Crippen LogP contribution in [0.2, 0.25) is 0 Å². The van der Waals surface area contributed by atoms with Crippen LogP contribution in [-0.2, 0) is 6.54 Å². The largest absolute Gasteiger partial charge is 0.366 e. The molecular formula is C20H12F3N2O. The van der Waals surface area contributed by atoms with Crippen LogP contribution < -0.4 is 5.73 Å². The topological polar surface area (TPSA) is 48.0 Å². The van der Waals surface area contributed by atoms with E-state index in [2.05, 4.69) is 6.07 Å². The molecule has 4 aromatic rings. The minimum atomic E-state index is -0.702. The summed E-state index contributed by atoms with van der Waals surface area (Å²) in [6, 6.07) is 13.5. The Hall–Kier alpha value is -3.28. The van der Waals surface area contributed by atoms with E-state index in [9.17, 15) is 18.0 Å². The number of amides is 1. The van der Waals surface area contributed by atoms with Crippen molar-refractivity contribution in [2.75, 3.05) is 0 Å². The maximum Gasteiger partial charge on any atom is 0.249 e. The van der Waals surface area contributed by atoms with Gasteiger partial charge in [-0.25, -0.2) is 13.2 Å². The predicted octanol–water partition coefficient (Wildman–Crippen LogP) is 4.16. The number of benzene rings is 3. The second-order valence-corrected chi connectivity index (χ2v) is 5.96. The zero-order valence-corrected chi connectivity index (χ0v) is 13.4. The fourth-order valence-corrected chi connectivity index (χ4v) is 3.23. The lowest BCUT2D eigenvalue weighted by Gasteiger charge is -2.09. The van der Waals surface area contributed by atoms with Gasteiger partial charge in [0.05, 0.1) is 17.6 Å². The summed E-state index contributed by atoms with van der Waals surface area (Å²) in [5.74, 6) is -2.52. The first kappa shape index (κ1) is 16.2. The molecule has 6 heteroatoms. The number of carbonyl (C=O) groups is 1. The number of hydrogen-bond donors (Lipinski definition) is 1. The predicted molar refractivity (Wildman–Crippen MR) is 92.2 cm³/mol. The molecule has 0 spiro atoms. The minimum Gasteiger partial charge on any atom is -0.366 e. The fraction of sp³-hybridized carbons (Fsp3) is 0.0500. The van der Waals surface area contributed by atoms with Gasteiger partial charge in [0, 0.05) is 28.0 Å². The second-order valence-electron chi connectivity index (χ2n) is 5.96. The third-order valence-electron chi connectivity index (χ3n) is 4.37. The Bertz CT molecular complexity index is 1180. The zero-order chi connectivity index (χ0) is 18.4. The van der Waals surface area contributed by atoms with Crippen LogP contribution >= 0.6 is 0 Å². The van der Waals surface area contributed by atoms with Crippen molar-refractivity contribution in [1.29, 1.82) is 0 Å². The van der Waals surface area contributed by atoms with Crippen LogP contribution in [0, 0.1) is 23.5 Å². The number of nitrogens with two attached hydrogens (primary N) is 1. The average molecular weight is 353 g/mol. The lowest BCUT2D eigenvalue weighted by atomic mass is 10.1. The molecule has 0 saturated heterocycles. The Morgan fingerprint density at radius 1 is 1.04 bits per heavy atom. The smallest absolute Gasteiger partial charge is 0.249 e. The number of fused-ring (bicyclic) bond motifs is 3. The van der Waals surface area contributed by atoms with Crippen molar-refractivity contribution in [3.8, 4) is 0 Å². The molecule has 129 valence electrons. The molecule has 0 bridgehead atoms. The Kier molecular flexibility index (Phi) is 3.68. The Morgan fingerprint density at radius 3 is 2.58 bits per heavy atom. The van der Waals surface area contributed by atoms with E-state index in [4.69, 9.17) is 5.73 Å². The number of rotatable bonds is 3. The Morgan fingerprint density at radius 2 is 1.85 bits per heavy atom. The summed E-state index contributed by atoms with van der Waals surface area (Å²) < 4.78 is 42.8. The highest BCUT2D eigenvalue weighted by atomic mass is 19.1. The maximum atomic E-state index is 14.1. The molecule has 0 aliphatic carbocycles. The molecular weight excluding hydrogens is 341 g/mol. The molecule has 0 fully saturated rings.